The molecule has 0 radical (unpaired) electrons. The zero-order valence-corrected chi connectivity index (χ0v) is 10.8. The molecule has 0 aliphatic rings. The van der Waals surface area contributed by atoms with Gasteiger partial charge in [0.2, 0.25) is 0 Å². The predicted octanol–water partition coefficient (Wildman–Crippen LogP) is 0.0891. The number of aromatic nitrogens is 1. The van der Waals surface area contributed by atoms with Crippen molar-refractivity contribution in [2.75, 3.05) is 45.7 Å². The van der Waals surface area contributed by atoms with Gasteiger partial charge in [0.1, 0.15) is 5.69 Å². The van der Waals surface area contributed by atoms with Gasteiger partial charge >= 0.3 is 0 Å². The molecule has 0 atom stereocenters. The van der Waals surface area contributed by atoms with Crippen LogP contribution >= 0.6 is 0 Å². The van der Waals surface area contributed by atoms with Gasteiger partial charge in [-0.1, -0.05) is 0 Å². The molecule has 0 aliphatic carbocycles. The maximum Gasteiger partial charge on any atom is 0.269 e. The number of nitrogens with zero attached hydrogens (tertiary/aromatic N) is 1. The van der Waals surface area contributed by atoms with Crippen LogP contribution in [0.15, 0.2) is 18.3 Å². The van der Waals surface area contributed by atoms with Crippen molar-refractivity contribution in [2.45, 2.75) is 0 Å². The van der Waals surface area contributed by atoms with Gasteiger partial charge in [-0.3, -0.25) is 9.78 Å². The van der Waals surface area contributed by atoms with E-state index in [1.54, 1.807) is 26.4 Å². The predicted molar refractivity (Wildman–Crippen MR) is 70.9 cm³/mol. The lowest BCUT2D eigenvalue weighted by Gasteiger charge is -2.08. The van der Waals surface area contributed by atoms with Crippen molar-refractivity contribution in [3.05, 3.63) is 24.0 Å². The topological polar surface area (TPSA) is 75.3 Å². The first kappa shape index (κ1) is 14.4. The molecule has 0 saturated carbocycles. The minimum absolute atomic E-state index is 0.183. The average Bonchev–Trinajstić information content (AvgIpc) is 2.42. The van der Waals surface area contributed by atoms with Gasteiger partial charge in [-0.2, -0.15) is 0 Å². The molecule has 6 nitrogen and oxygen atoms in total. The Labute approximate surface area is 107 Å². The number of hydrogen-bond donors (Lipinski definition) is 3. The Morgan fingerprint density at radius 1 is 1.39 bits per heavy atom. The van der Waals surface area contributed by atoms with Crippen LogP contribution in [-0.2, 0) is 4.74 Å². The fraction of sp³-hybridized carbons (Fsp3) is 0.500. The lowest BCUT2D eigenvalue weighted by Crippen LogP contribution is -2.25. The van der Waals surface area contributed by atoms with E-state index in [-0.39, 0.29) is 5.91 Å². The second-order valence-electron chi connectivity index (χ2n) is 3.68. The van der Waals surface area contributed by atoms with Crippen molar-refractivity contribution in [1.29, 1.82) is 0 Å². The standard InChI is InChI=1S/C12H20N4O2/c1-13-12(17)11-9-10(3-4-16-11)15-6-5-14-7-8-18-2/h3-4,9,14H,5-8H2,1-2H3,(H,13,17)(H,15,16). The van der Waals surface area contributed by atoms with Crippen molar-refractivity contribution in [2.24, 2.45) is 0 Å². The summed E-state index contributed by atoms with van der Waals surface area (Å²) in [4.78, 5) is 15.4. The van der Waals surface area contributed by atoms with Crippen LogP contribution < -0.4 is 16.0 Å². The van der Waals surface area contributed by atoms with Crippen LogP contribution in [0.2, 0.25) is 0 Å². The van der Waals surface area contributed by atoms with E-state index in [2.05, 4.69) is 20.9 Å². The van der Waals surface area contributed by atoms with E-state index in [0.717, 1.165) is 25.3 Å². The van der Waals surface area contributed by atoms with Gasteiger partial charge < -0.3 is 20.7 Å². The lowest BCUT2D eigenvalue weighted by atomic mass is 10.3. The summed E-state index contributed by atoms with van der Waals surface area (Å²) in [7, 11) is 3.26. The molecule has 0 aromatic carbocycles. The number of rotatable bonds is 8. The molecule has 3 N–H and O–H groups in total. The number of amides is 1. The van der Waals surface area contributed by atoms with E-state index >= 15 is 0 Å². The first-order valence-electron chi connectivity index (χ1n) is 5.89. The first-order chi connectivity index (χ1) is 8.77. The summed E-state index contributed by atoms with van der Waals surface area (Å²) in [5, 5.41) is 8.98. The number of nitrogens with one attached hydrogen (secondary N) is 3. The molecule has 0 fully saturated rings. The highest BCUT2D eigenvalue weighted by atomic mass is 16.5. The zero-order valence-electron chi connectivity index (χ0n) is 10.8. The molecule has 0 unspecified atom stereocenters. The van der Waals surface area contributed by atoms with Crippen molar-refractivity contribution in [3.63, 3.8) is 0 Å². The molecular weight excluding hydrogens is 232 g/mol. The SMILES string of the molecule is CNC(=O)c1cc(NCCNCCOC)ccn1. The Morgan fingerprint density at radius 2 is 2.22 bits per heavy atom. The number of methoxy groups -OCH3 is 1. The summed E-state index contributed by atoms with van der Waals surface area (Å²) in [5.41, 5.74) is 1.30. The van der Waals surface area contributed by atoms with Crippen LogP contribution in [0.25, 0.3) is 0 Å². The van der Waals surface area contributed by atoms with E-state index in [9.17, 15) is 4.79 Å². The molecule has 1 rings (SSSR count). The van der Waals surface area contributed by atoms with E-state index < -0.39 is 0 Å². The van der Waals surface area contributed by atoms with Crippen LogP contribution in [0.1, 0.15) is 10.5 Å². The molecule has 6 heteroatoms. The third-order valence-electron chi connectivity index (χ3n) is 2.33. The molecular formula is C12H20N4O2. The Bertz CT molecular complexity index is 371. The minimum Gasteiger partial charge on any atom is -0.384 e. The van der Waals surface area contributed by atoms with Crippen LogP contribution in [-0.4, -0.2) is 51.3 Å². The second kappa shape index (κ2) is 8.43. The van der Waals surface area contributed by atoms with Crippen LogP contribution in [0.3, 0.4) is 0 Å². The van der Waals surface area contributed by atoms with Crippen molar-refractivity contribution in [3.8, 4) is 0 Å². The van der Waals surface area contributed by atoms with Gasteiger partial charge in [0.05, 0.1) is 6.61 Å². The van der Waals surface area contributed by atoms with E-state index in [1.807, 2.05) is 6.07 Å². The molecule has 1 aromatic heterocycles. The Kier molecular flexibility index (Phi) is 6.75. The number of carbonyl (C=O) groups excluding carboxylic acids is 1. The third-order valence-corrected chi connectivity index (χ3v) is 2.33. The van der Waals surface area contributed by atoms with Crippen molar-refractivity contribution >= 4 is 11.6 Å². The summed E-state index contributed by atoms with van der Waals surface area (Å²) in [6, 6.07) is 3.57. The van der Waals surface area contributed by atoms with Crippen molar-refractivity contribution in [1.82, 2.24) is 15.6 Å². The molecule has 1 heterocycles. The Morgan fingerprint density at radius 3 is 2.94 bits per heavy atom. The second-order valence-corrected chi connectivity index (χ2v) is 3.68. The largest absolute Gasteiger partial charge is 0.384 e. The average molecular weight is 252 g/mol. The molecule has 0 aliphatic heterocycles. The first-order valence-corrected chi connectivity index (χ1v) is 5.89. The van der Waals surface area contributed by atoms with Gasteiger partial charge in [0.25, 0.3) is 5.91 Å². The van der Waals surface area contributed by atoms with E-state index in [4.69, 9.17) is 4.74 Å². The number of anilines is 1. The molecule has 18 heavy (non-hydrogen) atoms. The molecule has 1 amide bonds. The Balaban J connectivity index is 2.32. The number of ether oxygens (including phenoxy) is 1. The highest BCUT2D eigenvalue weighted by Crippen LogP contribution is 2.06. The van der Waals surface area contributed by atoms with Crippen LogP contribution in [0.5, 0.6) is 0 Å². The summed E-state index contributed by atoms with van der Waals surface area (Å²) >= 11 is 0. The van der Waals surface area contributed by atoms with Gasteiger partial charge in [-0.25, -0.2) is 0 Å². The van der Waals surface area contributed by atoms with Gasteiger partial charge in [-0.05, 0) is 12.1 Å². The number of carbonyl (C=O) groups is 1. The maximum atomic E-state index is 11.4. The fourth-order valence-electron chi connectivity index (χ4n) is 1.39. The quantitative estimate of drug-likeness (QED) is 0.572. The van der Waals surface area contributed by atoms with E-state index in [1.165, 1.54) is 0 Å². The number of hydrogen-bond acceptors (Lipinski definition) is 5. The molecule has 100 valence electrons. The Hall–Kier alpha value is -1.66. The normalized spacial score (nSPS) is 10.1. The smallest absolute Gasteiger partial charge is 0.269 e. The number of pyridine rings is 1. The molecule has 0 saturated heterocycles. The third kappa shape index (κ3) is 5.11. The van der Waals surface area contributed by atoms with Gasteiger partial charge in [0, 0.05) is 45.7 Å². The van der Waals surface area contributed by atoms with Crippen LogP contribution in [0, 0.1) is 0 Å². The lowest BCUT2D eigenvalue weighted by molar-refractivity contribution is 0.0958. The molecule has 0 bridgehead atoms. The zero-order chi connectivity index (χ0) is 13.2. The van der Waals surface area contributed by atoms with Crippen molar-refractivity contribution < 1.29 is 9.53 Å². The molecule has 0 spiro atoms. The maximum absolute atomic E-state index is 11.4. The summed E-state index contributed by atoms with van der Waals surface area (Å²) in [5.74, 6) is -0.183. The van der Waals surface area contributed by atoms with Gasteiger partial charge in [0.15, 0.2) is 0 Å². The summed E-state index contributed by atoms with van der Waals surface area (Å²) in [6.07, 6.45) is 1.62. The highest BCUT2D eigenvalue weighted by molar-refractivity contribution is 5.92. The highest BCUT2D eigenvalue weighted by Gasteiger charge is 2.04. The van der Waals surface area contributed by atoms with Crippen LogP contribution in [0.4, 0.5) is 5.69 Å². The summed E-state index contributed by atoms with van der Waals surface area (Å²) < 4.78 is 4.93. The summed E-state index contributed by atoms with van der Waals surface area (Å²) in [6.45, 7) is 3.15. The van der Waals surface area contributed by atoms with Gasteiger partial charge in [-0.15, -0.1) is 0 Å². The fourth-order valence-corrected chi connectivity index (χ4v) is 1.39. The molecule has 1 aromatic rings. The monoisotopic (exact) mass is 252 g/mol. The minimum atomic E-state index is -0.183. The van der Waals surface area contributed by atoms with E-state index in [0.29, 0.717) is 12.3 Å².